The zero-order chi connectivity index (χ0) is 14.5. The molecule has 7 heteroatoms. The highest BCUT2D eigenvalue weighted by atomic mass is 79.9. The first-order valence-electron chi connectivity index (χ1n) is 6.69. The number of amides is 1. The lowest BCUT2D eigenvalue weighted by Crippen LogP contribution is -2.44. The summed E-state index contributed by atoms with van der Waals surface area (Å²) in [5.74, 6) is 0. The van der Waals surface area contributed by atoms with Crippen molar-refractivity contribution in [3.63, 3.8) is 0 Å². The Balaban J connectivity index is 1.73. The second-order valence-corrected chi connectivity index (χ2v) is 7.27. The van der Waals surface area contributed by atoms with E-state index in [9.17, 15) is 4.79 Å². The standard InChI is InChI=1S/C13H18BrClN2O2S/c1-2-19-13(18)17-5-3-9(4-6-17)16-8-10-7-11(14)12(15)20-10/h7,9,16H,2-6,8H2,1H3. The number of ether oxygens (including phenoxy) is 1. The summed E-state index contributed by atoms with van der Waals surface area (Å²) in [5.41, 5.74) is 0. The molecule has 1 aromatic rings. The topological polar surface area (TPSA) is 41.6 Å². The molecular weight excluding hydrogens is 364 g/mol. The van der Waals surface area contributed by atoms with Crippen molar-refractivity contribution in [3.05, 3.63) is 19.8 Å². The minimum atomic E-state index is -0.195. The van der Waals surface area contributed by atoms with Crippen LogP contribution in [0.1, 0.15) is 24.6 Å². The molecule has 1 aliphatic rings. The summed E-state index contributed by atoms with van der Waals surface area (Å²) in [5, 5.41) is 3.52. The summed E-state index contributed by atoms with van der Waals surface area (Å²) in [6, 6.07) is 2.49. The highest BCUT2D eigenvalue weighted by Gasteiger charge is 2.23. The van der Waals surface area contributed by atoms with Crippen LogP contribution in [0, 0.1) is 0 Å². The Kier molecular flexibility index (Phi) is 6.14. The predicted molar refractivity (Wildman–Crippen MR) is 85.5 cm³/mol. The Labute approximate surface area is 136 Å². The van der Waals surface area contributed by atoms with Gasteiger partial charge in [-0.05, 0) is 41.8 Å². The summed E-state index contributed by atoms with van der Waals surface area (Å²) in [6.45, 7) is 4.60. The van der Waals surface area contributed by atoms with E-state index in [2.05, 4.69) is 21.2 Å². The van der Waals surface area contributed by atoms with Crippen LogP contribution in [0.4, 0.5) is 4.79 Å². The van der Waals surface area contributed by atoms with Gasteiger partial charge in [-0.25, -0.2) is 4.79 Å². The van der Waals surface area contributed by atoms with Crippen molar-refractivity contribution < 1.29 is 9.53 Å². The second kappa shape index (κ2) is 7.64. The van der Waals surface area contributed by atoms with E-state index in [0.29, 0.717) is 12.6 Å². The van der Waals surface area contributed by atoms with Gasteiger partial charge >= 0.3 is 6.09 Å². The van der Waals surface area contributed by atoms with Crippen LogP contribution >= 0.6 is 38.9 Å². The number of thiophene rings is 1. The zero-order valence-corrected chi connectivity index (χ0v) is 14.5. The SMILES string of the molecule is CCOC(=O)N1CCC(NCc2cc(Br)c(Cl)s2)CC1. The van der Waals surface area contributed by atoms with Crippen LogP contribution in [0.3, 0.4) is 0 Å². The minimum Gasteiger partial charge on any atom is -0.450 e. The maximum Gasteiger partial charge on any atom is 0.409 e. The Morgan fingerprint density at radius 3 is 2.85 bits per heavy atom. The van der Waals surface area contributed by atoms with Crippen molar-refractivity contribution >= 4 is 45.0 Å². The molecule has 4 nitrogen and oxygen atoms in total. The first-order chi connectivity index (χ1) is 9.60. The molecule has 1 fully saturated rings. The number of piperidine rings is 1. The Bertz CT molecular complexity index is 442. The molecule has 1 aliphatic heterocycles. The maximum atomic E-state index is 11.6. The molecule has 0 saturated carbocycles. The van der Waals surface area contributed by atoms with Gasteiger partial charge in [0.25, 0.3) is 0 Å². The number of rotatable bonds is 4. The van der Waals surface area contributed by atoms with Crippen LogP contribution in [0.15, 0.2) is 10.5 Å². The van der Waals surface area contributed by atoms with Gasteiger partial charge in [-0.2, -0.15) is 0 Å². The molecular formula is C13H18BrClN2O2S. The maximum absolute atomic E-state index is 11.6. The van der Waals surface area contributed by atoms with Crippen molar-refractivity contribution in [2.75, 3.05) is 19.7 Å². The molecule has 0 aliphatic carbocycles. The van der Waals surface area contributed by atoms with Gasteiger partial charge < -0.3 is 15.0 Å². The average Bonchev–Trinajstić information content (AvgIpc) is 2.76. The van der Waals surface area contributed by atoms with E-state index in [-0.39, 0.29) is 6.09 Å². The normalized spacial score (nSPS) is 16.4. The first-order valence-corrected chi connectivity index (χ1v) is 8.67. The van der Waals surface area contributed by atoms with Crippen LogP contribution in [-0.4, -0.2) is 36.7 Å². The molecule has 0 spiro atoms. The number of carbonyl (C=O) groups is 1. The van der Waals surface area contributed by atoms with Gasteiger partial charge in [-0.15, -0.1) is 11.3 Å². The fraction of sp³-hybridized carbons (Fsp3) is 0.615. The Morgan fingerprint density at radius 1 is 1.60 bits per heavy atom. The molecule has 0 aromatic carbocycles. The smallest absolute Gasteiger partial charge is 0.409 e. The third-order valence-electron chi connectivity index (χ3n) is 3.28. The van der Waals surface area contributed by atoms with Gasteiger partial charge in [0.1, 0.15) is 4.34 Å². The third-order valence-corrected chi connectivity index (χ3v) is 5.76. The molecule has 0 unspecified atom stereocenters. The van der Waals surface area contributed by atoms with Crippen LogP contribution in [-0.2, 0) is 11.3 Å². The largest absolute Gasteiger partial charge is 0.450 e. The number of nitrogens with one attached hydrogen (secondary N) is 1. The molecule has 2 heterocycles. The average molecular weight is 382 g/mol. The fourth-order valence-corrected chi connectivity index (χ4v) is 3.95. The third kappa shape index (κ3) is 4.35. The summed E-state index contributed by atoms with van der Waals surface area (Å²) < 4.78 is 6.76. The van der Waals surface area contributed by atoms with Crippen molar-refractivity contribution in [2.45, 2.75) is 32.4 Å². The summed E-state index contributed by atoms with van der Waals surface area (Å²) in [6.07, 6.45) is 1.72. The van der Waals surface area contributed by atoms with Gasteiger partial charge in [-0.3, -0.25) is 0 Å². The van der Waals surface area contributed by atoms with Crippen molar-refractivity contribution in [2.24, 2.45) is 0 Å². The minimum absolute atomic E-state index is 0.195. The monoisotopic (exact) mass is 380 g/mol. The fourth-order valence-electron chi connectivity index (χ4n) is 2.20. The lowest BCUT2D eigenvalue weighted by atomic mass is 10.1. The van der Waals surface area contributed by atoms with Crippen molar-refractivity contribution in [3.8, 4) is 0 Å². The number of likely N-dealkylation sites (tertiary alicyclic amines) is 1. The summed E-state index contributed by atoms with van der Waals surface area (Å²) in [4.78, 5) is 14.6. The predicted octanol–water partition coefficient (Wildman–Crippen LogP) is 3.87. The molecule has 0 atom stereocenters. The van der Waals surface area contributed by atoms with Crippen molar-refractivity contribution in [1.29, 1.82) is 0 Å². The number of hydrogen-bond donors (Lipinski definition) is 1. The Morgan fingerprint density at radius 2 is 2.30 bits per heavy atom. The highest BCUT2D eigenvalue weighted by Crippen LogP contribution is 2.32. The molecule has 1 aromatic heterocycles. The van der Waals surface area contributed by atoms with Crippen molar-refractivity contribution in [1.82, 2.24) is 10.2 Å². The lowest BCUT2D eigenvalue weighted by Gasteiger charge is -2.31. The van der Waals surface area contributed by atoms with Gasteiger partial charge in [0, 0.05) is 35.0 Å². The zero-order valence-electron chi connectivity index (χ0n) is 11.3. The molecule has 1 saturated heterocycles. The molecule has 0 radical (unpaired) electrons. The number of halogens is 2. The van der Waals surface area contributed by atoms with Gasteiger partial charge in [-0.1, -0.05) is 11.6 Å². The molecule has 1 amide bonds. The van der Waals surface area contributed by atoms with Gasteiger partial charge in [0.05, 0.1) is 6.61 Å². The highest BCUT2D eigenvalue weighted by molar-refractivity contribution is 9.10. The van der Waals surface area contributed by atoms with E-state index >= 15 is 0 Å². The molecule has 20 heavy (non-hydrogen) atoms. The van der Waals surface area contributed by atoms with Gasteiger partial charge in [0.2, 0.25) is 0 Å². The summed E-state index contributed by atoms with van der Waals surface area (Å²) >= 11 is 11.0. The molecule has 112 valence electrons. The Hall–Kier alpha value is -0.300. The second-order valence-electron chi connectivity index (χ2n) is 4.68. The van der Waals surface area contributed by atoms with Crippen LogP contribution in [0.2, 0.25) is 4.34 Å². The first kappa shape index (κ1) is 16.1. The van der Waals surface area contributed by atoms with E-state index in [1.54, 1.807) is 16.2 Å². The summed E-state index contributed by atoms with van der Waals surface area (Å²) in [7, 11) is 0. The molecule has 2 rings (SSSR count). The van der Waals surface area contributed by atoms with Crippen LogP contribution < -0.4 is 5.32 Å². The van der Waals surface area contributed by atoms with E-state index in [0.717, 1.165) is 41.3 Å². The van der Waals surface area contributed by atoms with E-state index in [4.69, 9.17) is 16.3 Å². The van der Waals surface area contributed by atoms with E-state index in [1.807, 2.05) is 13.0 Å². The number of carbonyl (C=O) groups excluding carboxylic acids is 1. The quantitative estimate of drug-likeness (QED) is 0.860. The lowest BCUT2D eigenvalue weighted by molar-refractivity contribution is 0.0950. The van der Waals surface area contributed by atoms with E-state index in [1.165, 1.54) is 4.88 Å². The van der Waals surface area contributed by atoms with Crippen LogP contribution in [0.5, 0.6) is 0 Å². The van der Waals surface area contributed by atoms with Gasteiger partial charge in [0.15, 0.2) is 0 Å². The molecule has 1 N–H and O–H groups in total. The number of hydrogen-bond acceptors (Lipinski definition) is 4. The van der Waals surface area contributed by atoms with E-state index < -0.39 is 0 Å². The van der Waals surface area contributed by atoms with Crippen LogP contribution in [0.25, 0.3) is 0 Å². The molecule has 0 bridgehead atoms. The number of nitrogens with zero attached hydrogens (tertiary/aromatic N) is 1.